The maximum Gasteiger partial charge on any atom is 0.100 e. The zero-order valence-electron chi connectivity index (χ0n) is 26.9. The average Bonchev–Trinajstić information content (AvgIpc) is 3.62. The van der Waals surface area contributed by atoms with Gasteiger partial charge in [-0.3, -0.25) is 0 Å². The molecule has 0 saturated carbocycles. The smallest absolute Gasteiger partial charge is 0.100 e. The maximum atomic E-state index is 10.8. The Morgan fingerprint density at radius 3 is 1.83 bits per heavy atom. The van der Waals surface area contributed by atoms with E-state index in [9.17, 15) is 10.5 Å². The highest BCUT2D eigenvalue weighted by atomic mass is 15.0. The van der Waals surface area contributed by atoms with E-state index in [-0.39, 0.29) is 5.92 Å². The number of aromatic nitrogens is 2. The van der Waals surface area contributed by atoms with Crippen LogP contribution in [0.15, 0.2) is 140 Å². The molecule has 2 heterocycles. The van der Waals surface area contributed by atoms with Crippen molar-refractivity contribution in [3.63, 3.8) is 0 Å². The first kappa shape index (κ1) is 29.1. The Hall–Kier alpha value is -6.36. The van der Waals surface area contributed by atoms with Gasteiger partial charge in [0.2, 0.25) is 0 Å². The highest BCUT2D eigenvalue weighted by Gasteiger charge is 2.21. The molecule has 8 rings (SSSR count). The SMILES string of the molecule is Cc1c(CC(C)C#N)n(-c2cccc(-c3cccc(-c4ccccc4-n4c5ccccc5c5ccccc54)c3C#N)c2)c2ccccc12. The molecule has 0 saturated heterocycles. The van der Waals surface area contributed by atoms with Crippen LogP contribution in [0.4, 0.5) is 0 Å². The van der Waals surface area contributed by atoms with Gasteiger partial charge in [-0.15, -0.1) is 0 Å². The van der Waals surface area contributed by atoms with Gasteiger partial charge in [0.1, 0.15) is 6.07 Å². The van der Waals surface area contributed by atoms with Crippen LogP contribution in [-0.2, 0) is 6.42 Å². The van der Waals surface area contributed by atoms with E-state index in [1.54, 1.807) is 0 Å². The number of rotatable bonds is 6. The second-order valence-corrected chi connectivity index (χ2v) is 12.4. The van der Waals surface area contributed by atoms with Crippen LogP contribution in [0.3, 0.4) is 0 Å². The van der Waals surface area contributed by atoms with Gasteiger partial charge in [0.25, 0.3) is 0 Å². The molecule has 0 spiro atoms. The molecule has 8 aromatic rings. The fraction of sp³-hybridized carbons (Fsp3) is 0.0909. The molecule has 0 N–H and O–H groups in total. The quantitative estimate of drug-likeness (QED) is 0.187. The minimum Gasteiger partial charge on any atom is -0.313 e. The van der Waals surface area contributed by atoms with Gasteiger partial charge in [0, 0.05) is 56.6 Å². The van der Waals surface area contributed by atoms with Crippen molar-refractivity contribution in [3.05, 3.63) is 156 Å². The van der Waals surface area contributed by atoms with Gasteiger partial charge >= 0.3 is 0 Å². The van der Waals surface area contributed by atoms with E-state index in [1.807, 2.05) is 19.1 Å². The third kappa shape index (κ3) is 4.58. The first-order chi connectivity index (χ1) is 23.6. The molecule has 0 amide bonds. The average molecular weight is 617 g/mol. The van der Waals surface area contributed by atoms with Gasteiger partial charge in [-0.25, -0.2) is 0 Å². The highest BCUT2D eigenvalue weighted by molar-refractivity contribution is 6.09. The molecule has 0 radical (unpaired) electrons. The number of hydrogen-bond donors (Lipinski definition) is 0. The van der Waals surface area contributed by atoms with E-state index >= 15 is 0 Å². The summed E-state index contributed by atoms with van der Waals surface area (Å²) in [7, 11) is 0. The Morgan fingerprint density at radius 2 is 1.15 bits per heavy atom. The molecular weight excluding hydrogens is 585 g/mol. The Labute approximate surface area is 280 Å². The lowest BCUT2D eigenvalue weighted by atomic mass is 9.91. The van der Waals surface area contributed by atoms with Crippen LogP contribution in [0.5, 0.6) is 0 Å². The topological polar surface area (TPSA) is 57.4 Å². The Kier molecular flexibility index (Phi) is 7.13. The number of benzene rings is 6. The van der Waals surface area contributed by atoms with Crippen LogP contribution in [-0.4, -0.2) is 9.13 Å². The molecule has 228 valence electrons. The van der Waals surface area contributed by atoms with Crippen molar-refractivity contribution in [2.24, 2.45) is 5.92 Å². The van der Waals surface area contributed by atoms with Gasteiger partial charge in [-0.2, -0.15) is 10.5 Å². The largest absolute Gasteiger partial charge is 0.313 e. The molecular formula is C44H32N4. The summed E-state index contributed by atoms with van der Waals surface area (Å²) in [5.74, 6) is -0.119. The van der Waals surface area contributed by atoms with Crippen molar-refractivity contribution in [3.8, 4) is 45.8 Å². The van der Waals surface area contributed by atoms with Crippen LogP contribution in [0.2, 0.25) is 0 Å². The first-order valence-electron chi connectivity index (χ1n) is 16.3. The first-order valence-corrected chi connectivity index (χ1v) is 16.3. The molecule has 48 heavy (non-hydrogen) atoms. The third-order valence-electron chi connectivity index (χ3n) is 9.58. The zero-order valence-corrected chi connectivity index (χ0v) is 26.9. The number of hydrogen-bond acceptors (Lipinski definition) is 2. The predicted molar refractivity (Wildman–Crippen MR) is 196 cm³/mol. The summed E-state index contributed by atoms with van der Waals surface area (Å²) in [6, 6.07) is 53.4. The number of nitriles is 2. The van der Waals surface area contributed by atoms with E-state index in [1.165, 1.54) is 21.7 Å². The fourth-order valence-corrected chi connectivity index (χ4v) is 7.36. The summed E-state index contributed by atoms with van der Waals surface area (Å²) in [5, 5.41) is 24.1. The van der Waals surface area contributed by atoms with E-state index in [4.69, 9.17) is 0 Å². The maximum absolute atomic E-state index is 10.8. The van der Waals surface area contributed by atoms with Gasteiger partial charge in [-0.1, -0.05) is 103 Å². The van der Waals surface area contributed by atoms with Crippen molar-refractivity contribution >= 4 is 32.7 Å². The van der Waals surface area contributed by atoms with Crippen molar-refractivity contribution in [1.82, 2.24) is 9.13 Å². The van der Waals surface area contributed by atoms with Crippen LogP contribution < -0.4 is 0 Å². The van der Waals surface area contributed by atoms with Crippen LogP contribution in [0.1, 0.15) is 23.7 Å². The van der Waals surface area contributed by atoms with Crippen LogP contribution >= 0.6 is 0 Å². The van der Waals surface area contributed by atoms with E-state index in [0.29, 0.717) is 12.0 Å². The third-order valence-corrected chi connectivity index (χ3v) is 9.58. The zero-order chi connectivity index (χ0) is 32.8. The van der Waals surface area contributed by atoms with E-state index < -0.39 is 0 Å². The van der Waals surface area contributed by atoms with Crippen LogP contribution in [0.25, 0.3) is 66.3 Å². The minimum atomic E-state index is -0.119. The number of aryl methyl sites for hydroxylation is 1. The van der Waals surface area contributed by atoms with Gasteiger partial charge in [0.15, 0.2) is 0 Å². The molecule has 0 bridgehead atoms. The van der Waals surface area contributed by atoms with Gasteiger partial charge < -0.3 is 9.13 Å². The summed E-state index contributed by atoms with van der Waals surface area (Å²) < 4.78 is 4.60. The molecule has 0 aliphatic heterocycles. The fourth-order valence-electron chi connectivity index (χ4n) is 7.36. The van der Waals surface area contributed by atoms with Crippen LogP contribution in [0, 0.1) is 35.5 Å². The molecule has 1 unspecified atom stereocenters. The lowest BCUT2D eigenvalue weighted by Crippen LogP contribution is -2.06. The predicted octanol–water partition coefficient (Wildman–Crippen LogP) is 10.9. The van der Waals surface area contributed by atoms with Crippen molar-refractivity contribution in [2.75, 3.05) is 0 Å². The Morgan fingerprint density at radius 1 is 0.583 bits per heavy atom. The Balaban J connectivity index is 1.32. The molecule has 1 atom stereocenters. The molecule has 2 aromatic heterocycles. The summed E-state index contributed by atoms with van der Waals surface area (Å²) >= 11 is 0. The number of para-hydroxylation sites is 4. The summed E-state index contributed by atoms with van der Waals surface area (Å²) in [4.78, 5) is 0. The van der Waals surface area contributed by atoms with Crippen molar-refractivity contribution < 1.29 is 0 Å². The molecule has 6 aromatic carbocycles. The number of fused-ring (bicyclic) bond motifs is 4. The van der Waals surface area contributed by atoms with Gasteiger partial charge in [0.05, 0.1) is 33.9 Å². The molecule has 0 fully saturated rings. The second kappa shape index (κ2) is 11.8. The minimum absolute atomic E-state index is 0.119. The summed E-state index contributed by atoms with van der Waals surface area (Å²) in [6.45, 7) is 4.12. The number of nitrogens with zero attached hydrogens (tertiary/aromatic N) is 4. The van der Waals surface area contributed by atoms with Crippen molar-refractivity contribution in [1.29, 1.82) is 10.5 Å². The van der Waals surface area contributed by atoms with E-state index in [2.05, 4.69) is 156 Å². The Bertz CT molecular complexity index is 2550. The summed E-state index contributed by atoms with van der Waals surface area (Å²) in [5.41, 5.74) is 12.1. The normalized spacial score (nSPS) is 11.9. The second-order valence-electron chi connectivity index (χ2n) is 12.4. The molecule has 0 aliphatic rings. The lowest BCUT2D eigenvalue weighted by molar-refractivity contribution is 0.707. The monoisotopic (exact) mass is 616 g/mol. The van der Waals surface area contributed by atoms with Gasteiger partial charge in [-0.05, 0) is 61.4 Å². The molecule has 4 heteroatoms. The lowest BCUT2D eigenvalue weighted by Gasteiger charge is -2.17. The molecule has 0 aliphatic carbocycles. The summed E-state index contributed by atoms with van der Waals surface area (Å²) in [6.07, 6.45) is 0.652. The van der Waals surface area contributed by atoms with Crippen molar-refractivity contribution in [2.45, 2.75) is 20.3 Å². The highest BCUT2D eigenvalue weighted by Crippen LogP contribution is 2.40. The standard InChI is InChI=1S/C44H32N4/c1-29(27-45)25-44-30(2)33-15-3-7-21-40(33)47(44)32-14-11-13-31(26-32)34-19-12-20-35(39(34)28-46)36-16-4-8-22-41(36)48-42-23-9-5-17-37(42)38-18-6-10-24-43(38)48/h3-24,26,29H,25H2,1-2H3. The molecule has 4 nitrogen and oxygen atoms in total. The van der Waals surface area contributed by atoms with E-state index in [0.717, 1.165) is 55.9 Å².